The highest BCUT2D eigenvalue weighted by Crippen LogP contribution is 2.26. The highest BCUT2D eigenvalue weighted by molar-refractivity contribution is 5.94. The van der Waals surface area contributed by atoms with Crippen molar-refractivity contribution in [3.8, 4) is 11.5 Å². The van der Waals surface area contributed by atoms with Gasteiger partial charge in [0, 0.05) is 26.2 Å². The van der Waals surface area contributed by atoms with Crippen LogP contribution in [0, 0.1) is 0 Å². The van der Waals surface area contributed by atoms with Crippen molar-refractivity contribution in [1.29, 1.82) is 0 Å². The number of piperazine rings is 1. The number of carbonyl (C=O) groups excluding carboxylic acids is 1. The molecule has 1 N–H and O–H groups in total. The molecule has 1 aliphatic rings. The Kier molecular flexibility index (Phi) is 7.14. The number of rotatable bonds is 8. The lowest BCUT2D eigenvalue weighted by atomic mass is 10.2. The molecule has 0 saturated carbocycles. The van der Waals surface area contributed by atoms with Gasteiger partial charge < -0.3 is 24.6 Å². The summed E-state index contributed by atoms with van der Waals surface area (Å²) < 4.78 is 10.8. The lowest BCUT2D eigenvalue weighted by molar-refractivity contribution is -0.116. The SMILES string of the molecule is CCN1CCN(c2ccccc2NC(=O)CCOc2ccc(OC)cc2)CC1. The first-order valence-corrected chi connectivity index (χ1v) is 9.82. The first kappa shape index (κ1) is 20.0. The number of likely N-dealkylation sites (N-methyl/N-ethyl adjacent to an activating group) is 1. The summed E-state index contributed by atoms with van der Waals surface area (Å²) in [6.45, 7) is 7.65. The molecule has 3 rings (SSSR count). The maximum atomic E-state index is 12.4. The summed E-state index contributed by atoms with van der Waals surface area (Å²) in [6.07, 6.45) is 0.296. The molecular weight excluding hydrogens is 354 g/mol. The number of nitrogens with one attached hydrogen (secondary N) is 1. The van der Waals surface area contributed by atoms with E-state index >= 15 is 0 Å². The second kappa shape index (κ2) is 9.99. The van der Waals surface area contributed by atoms with Crippen LogP contribution in [-0.4, -0.2) is 57.2 Å². The Hall–Kier alpha value is -2.73. The molecule has 2 aromatic carbocycles. The van der Waals surface area contributed by atoms with Crippen molar-refractivity contribution in [2.45, 2.75) is 13.3 Å². The molecule has 28 heavy (non-hydrogen) atoms. The van der Waals surface area contributed by atoms with Crippen molar-refractivity contribution < 1.29 is 14.3 Å². The zero-order valence-corrected chi connectivity index (χ0v) is 16.7. The molecule has 0 aliphatic carbocycles. The van der Waals surface area contributed by atoms with Crippen LogP contribution in [-0.2, 0) is 4.79 Å². The number of amides is 1. The second-order valence-electron chi connectivity index (χ2n) is 6.76. The Morgan fingerprint density at radius 1 is 1.00 bits per heavy atom. The van der Waals surface area contributed by atoms with Gasteiger partial charge in [-0.2, -0.15) is 0 Å². The highest BCUT2D eigenvalue weighted by Gasteiger charge is 2.18. The number of hydrogen-bond acceptors (Lipinski definition) is 5. The number of para-hydroxylation sites is 2. The minimum Gasteiger partial charge on any atom is -0.497 e. The molecule has 0 spiro atoms. The number of anilines is 2. The average Bonchev–Trinajstić information content (AvgIpc) is 2.75. The summed E-state index contributed by atoms with van der Waals surface area (Å²) >= 11 is 0. The predicted octanol–water partition coefficient (Wildman–Crippen LogP) is 3.24. The third-order valence-electron chi connectivity index (χ3n) is 5.00. The molecule has 1 heterocycles. The van der Waals surface area contributed by atoms with E-state index in [2.05, 4.69) is 28.1 Å². The minimum atomic E-state index is -0.0480. The Balaban J connectivity index is 1.51. The molecule has 6 heteroatoms. The van der Waals surface area contributed by atoms with Gasteiger partial charge >= 0.3 is 0 Å². The molecule has 6 nitrogen and oxygen atoms in total. The van der Waals surface area contributed by atoms with E-state index in [1.165, 1.54) is 0 Å². The summed E-state index contributed by atoms with van der Waals surface area (Å²) in [5.74, 6) is 1.46. The summed E-state index contributed by atoms with van der Waals surface area (Å²) in [6, 6.07) is 15.4. The van der Waals surface area contributed by atoms with Gasteiger partial charge in [-0.3, -0.25) is 4.79 Å². The third kappa shape index (κ3) is 5.39. The number of nitrogens with zero attached hydrogens (tertiary/aromatic N) is 2. The molecule has 0 bridgehead atoms. The molecule has 0 unspecified atom stereocenters. The van der Waals surface area contributed by atoms with Crippen LogP contribution in [0.15, 0.2) is 48.5 Å². The van der Waals surface area contributed by atoms with Gasteiger partial charge in [0.2, 0.25) is 5.91 Å². The highest BCUT2D eigenvalue weighted by atomic mass is 16.5. The van der Waals surface area contributed by atoms with Gasteiger partial charge in [0.1, 0.15) is 11.5 Å². The van der Waals surface area contributed by atoms with Crippen LogP contribution in [0.25, 0.3) is 0 Å². The number of hydrogen-bond donors (Lipinski definition) is 1. The van der Waals surface area contributed by atoms with Crippen molar-refractivity contribution in [1.82, 2.24) is 4.90 Å². The van der Waals surface area contributed by atoms with Crippen molar-refractivity contribution in [2.24, 2.45) is 0 Å². The first-order valence-electron chi connectivity index (χ1n) is 9.82. The number of methoxy groups -OCH3 is 1. The van der Waals surface area contributed by atoms with Gasteiger partial charge in [0.25, 0.3) is 0 Å². The molecular formula is C22H29N3O3. The number of carbonyl (C=O) groups is 1. The van der Waals surface area contributed by atoms with Crippen molar-refractivity contribution >= 4 is 17.3 Å². The van der Waals surface area contributed by atoms with Gasteiger partial charge in [-0.15, -0.1) is 0 Å². The van der Waals surface area contributed by atoms with E-state index in [0.717, 1.165) is 55.6 Å². The number of ether oxygens (including phenoxy) is 2. The molecule has 1 fully saturated rings. The van der Waals surface area contributed by atoms with Crippen LogP contribution in [0.2, 0.25) is 0 Å². The molecule has 0 radical (unpaired) electrons. The van der Waals surface area contributed by atoms with Crippen LogP contribution >= 0.6 is 0 Å². The monoisotopic (exact) mass is 383 g/mol. The van der Waals surface area contributed by atoms with Gasteiger partial charge in [-0.25, -0.2) is 0 Å². The standard InChI is InChI=1S/C22H29N3O3/c1-3-24-13-15-25(16-14-24)21-7-5-4-6-20(21)23-22(26)12-17-28-19-10-8-18(27-2)9-11-19/h4-11H,3,12-17H2,1-2H3,(H,23,26). The topological polar surface area (TPSA) is 54.0 Å². The molecule has 1 amide bonds. The van der Waals surface area contributed by atoms with E-state index in [0.29, 0.717) is 13.0 Å². The Morgan fingerprint density at radius 3 is 2.36 bits per heavy atom. The zero-order chi connectivity index (χ0) is 19.8. The quantitative estimate of drug-likeness (QED) is 0.758. The normalized spacial score (nSPS) is 14.6. The van der Waals surface area contributed by atoms with Gasteiger partial charge in [0.15, 0.2) is 0 Å². The lowest BCUT2D eigenvalue weighted by Crippen LogP contribution is -2.46. The van der Waals surface area contributed by atoms with E-state index in [4.69, 9.17) is 9.47 Å². The van der Waals surface area contributed by atoms with E-state index in [-0.39, 0.29) is 5.91 Å². The maximum absolute atomic E-state index is 12.4. The number of benzene rings is 2. The first-order chi connectivity index (χ1) is 13.7. The fourth-order valence-corrected chi connectivity index (χ4v) is 3.31. The van der Waals surface area contributed by atoms with Crippen LogP contribution in [0.5, 0.6) is 11.5 Å². The summed E-state index contributed by atoms with van der Waals surface area (Å²) in [7, 11) is 1.63. The van der Waals surface area contributed by atoms with Crippen LogP contribution < -0.4 is 19.7 Å². The average molecular weight is 383 g/mol. The fraction of sp³-hybridized carbons (Fsp3) is 0.409. The largest absolute Gasteiger partial charge is 0.497 e. The summed E-state index contributed by atoms with van der Waals surface area (Å²) in [4.78, 5) is 17.2. The Bertz CT molecular complexity index is 756. The van der Waals surface area contributed by atoms with Gasteiger partial charge in [0.05, 0.1) is 31.5 Å². The van der Waals surface area contributed by atoms with E-state index in [1.807, 2.05) is 42.5 Å². The van der Waals surface area contributed by atoms with Crippen molar-refractivity contribution in [2.75, 3.05) is 56.7 Å². The van der Waals surface area contributed by atoms with Gasteiger partial charge in [-0.1, -0.05) is 19.1 Å². The fourth-order valence-electron chi connectivity index (χ4n) is 3.31. The molecule has 1 saturated heterocycles. The molecule has 0 atom stereocenters. The molecule has 150 valence electrons. The van der Waals surface area contributed by atoms with Gasteiger partial charge in [-0.05, 0) is 42.9 Å². The van der Waals surface area contributed by atoms with E-state index < -0.39 is 0 Å². The van der Waals surface area contributed by atoms with Crippen LogP contribution in [0.4, 0.5) is 11.4 Å². The second-order valence-corrected chi connectivity index (χ2v) is 6.76. The Labute approximate surface area is 167 Å². The molecule has 1 aliphatic heterocycles. The van der Waals surface area contributed by atoms with E-state index in [1.54, 1.807) is 7.11 Å². The zero-order valence-electron chi connectivity index (χ0n) is 16.7. The molecule has 2 aromatic rings. The van der Waals surface area contributed by atoms with Crippen LogP contribution in [0.1, 0.15) is 13.3 Å². The predicted molar refractivity (Wildman–Crippen MR) is 113 cm³/mol. The smallest absolute Gasteiger partial charge is 0.227 e. The summed E-state index contributed by atoms with van der Waals surface area (Å²) in [5, 5.41) is 3.04. The van der Waals surface area contributed by atoms with E-state index in [9.17, 15) is 4.79 Å². The van der Waals surface area contributed by atoms with Crippen LogP contribution in [0.3, 0.4) is 0 Å². The lowest BCUT2D eigenvalue weighted by Gasteiger charge is -2.36. The minimum absolute atomic E-state index is 0.0480. The Morgan fingerprint density at radius 2 is 1.68 bits per heavy atom. The maximum Gasteiger partial charge on any atom is 0.227 e. The third-order valence-corrected chi connectivity index (χ3v) is 5.00. The van der Waals surface area contributed by atoms with Crippen molar-refractivity contribution in [3.05, 3.63) is 48.5 Å². The van der Waals surface area contributed by atoms with Crippen molar-refractivity contribution in [3.63, 3.8) is 0 Å². The molecule has 0 aromatic heterocycles. The summed E-state index contributed by atoms with van der Waals surface area (Å²) in [5.41, 5.74) is 1.95.